The maximum atomic E-state index is 13.9. The van der Waals surface area contributed by atoms with Crippen LogP contribution in [-0.2, 0) is 10.2 Å². The maximum absolute atomic E-state index is 13.9. The van der Waals surface area contributed by atoms with Crippen molar-refractivity contribution in [2.75, 3.05) is 19.8 Å². The molecule has 1 aromatic heterocycles. The number of aryl methyl sites for hydroxylation is 1. The third-order valence-corrected chi connectivity index (χ3v) is 6.58. The summed E-state index contributed by atoms with van der Waals surface area (Å²) in [7, 11) is 0. The summed E-state index contributed by atoms with van der Waals surface area (Å²) in [6.45, 7) is 4.30. The minimum atomic E-state index is -0.290. The number of halogens is 1. The lowest BCUT2D eigenvalue weighted by Crippen LogP contribution is -2.44. The molecule has 1 atom stereocenters. The van der Waals surface area contributed by atoms with E-state index in [1.807, 2.05) is 13.0 Å². The van der Waals surface area contributed by atoms with Crippen LogP contribution in [0.5, 0.6) is 0 Å². The van der Waals surface area contributed by atoms with Gasteiger partial charge in [0, 0.05) is 12.6 Å². The Morgan fingerprint density at radius 1 is 1.22 bits per heavy atom. The number of nitrogens with zero attached hydrogens (tertiary/aromatic N) is 3. The highest BCUT2D eigenvalue weighted by molar-refractivity contribution is 5.44. The van der Waals surface area contributed by atoms with Gasteiger partial charge in [-0.05, 0) is 55.9 Å². The first-order chi connectivity index (χ1) is 13.2. The van der Waals surface area contributed by atoms with Crippen molar-refractivity contribution >= 4 is 0 Å². The molecule has 3 fully saturated rings. The van der Waals surface area contributed by atoms with E-state index in [1.54, 1.807) is 6.07 Å². The van der Waals surface area contributed by atoms with E-state index in [4.69, 9.17) is 14.2 Å². The second kappa shape index (κ2) is 6.67. The summed E-state index contributed by atoms with van der Waals surface area (Å²) >= 11 is 0. The summed E-state index contributed by atoms with van der Waals surface area (Å²) in [5, 5.41) is 4.34. The van der Waals surface area contributed by atoms with Gasteiger partial charge in [0.15, 0.2) is 5.82 Å². The highest BCUT2D eigenvalue weighted by atomic mass is 19.1. The van der Waals surface area contributed by atoms with Crippen LogP contribution in [0.25, 0.3) is 0 Å². The van der Waals surface area contributed by atoms with E-state index >= 15 is 0 Å². The summed E-state index contributed by atoms with van der Waals surface area (Å²) in [6.07, 6.45) is 6.94. The second-order valence-corrected chi connectivity index (χ2v) is 8.26. The maximum Gasteiger partial charge on any atom is 0.246 e. The van der Waals surface area contributed by atoms with E-state index in [0.717, 1.165) is 37.1 Å². The number of hydrogen-bond donors (Lipinski definition) is 0. The van der Waals surface area contributed by atoms with Crippen LogP contribution in [-0.4, -0.2) is 40.8 Å². The molecule has 1 saturated heterocycles. The Balaban J connectivity index is 1.44. The molecule has 2 aliphatic carbocycles. The number of ether oxygens (including phenoxy) is 1. The predicted molar refractivity (Wildman–Crippen MR) is 98.0 cm³/mol. The van der Waals surface area contributed by atoms with Crippen molar-refractivity contribution in [1.82, 2.24) is 15.0 Å². The zero-order valence-corrected chi connectivity index (χ0v) is 15.8. The third kappa shape index (κ3) is 2.99. The first-order valence-electron chi connectivity index (χ1n) is 10.1. The summed E-state index contributed by atoms with van der Waals surface area (Å²) in [6, 6.07) is 5.60. The fraction of sp³-hybridized carbons (Fsp3) is 0.619. The quantitative estimate of drug-likeness (QED) is 0.815. The Morgan fingerprint density at radius 3 is 2.81 bits per heavy atom. The fourth-order valence-electron chi connectivity index (χ4n) is 4.92. The molecule has 27 heavy (non-hydrogen) atoms. The summed E-state index contributed by atoms with van der Waals surface area (Å²) in [5.74, 6) is 1.14. The van der Waals surface area contributed by atoms with Crippen molar-refractivity contribution in [2.24, 2.45) is 0 Å². The lowest BCUT2D eigenvalue weighted by molar-refractivity contribution is -0.0397. The van der Waals surface area contributed by atoms with Gasteiger partial charge in [-0.15, -0.1) is 0 Å². The van der Waals surface area contributed by atoms with Crippen LogP contribution in [0.3, 0.4) is 0 Å². The Hall–Kier alpha value is -1.79. The highest BCUT2D eigenvalue weighted by Gasteiger charge is 2.51. The molecule has 1 unspecified atom stereocenters. The monoisotopic (exact) mass is 371 g/mol. The topological polar surface area (TPSA) is 51.4 Å². The molecule has 0 bridgehead atoms. The minimum Gasteiger partial charge on any atom is -0.378 e. The first-order valence-corrected chi connectivity index (χ1v) is 10.1. The smallest absolute Gasteiger partial charge is 0.246 e. The van der Waals surface area contributed by atoms with E-state index in [9.17, 15) is 4.39 Å². The molecule has 2 aromatic rings. The van der Waals surface area contributed by atoms with Gasteiger partial charge in [0.05, 0.1) is 18.6 Å². The summed E-state index contributed by atoms with van der Waals surface area (Å²) in [4.78, 5) is 7.32. The molecule has 0 N–H and O–H groups in total. The number of benzene rings is 1. The van der Waals surface area contributed by atoms with Crippen LogP contribution in [0, 0.1) is 12.7 Å². The average molecular weight is 371 g/mol. The van der Waals surface area contributed by atoms with Gasteiger partial charge in [-0.2, -0.15) is 4.98 Å². The Labute approximate surface area is 158 Å². The lowest BCUT2D eigenvalue weighted by atomic mass is 9.91. The van der Waals surface area contributed by atoms with Crippen LogP contribution in [0.15, 0.2) is 22.7 Å². The lowest BCUT2D eigenvalue weighted by Gasteiger charge is -2.37. The number of hydrogen-bond acceptors (Lipinski definition) is 5. The van der Waals surface area contributed by atoms with Gasteiger partial charge in [-0.1, -0.05) is 24.1 Å². The number of rotatable bonds is 4. The van der Waals surface area contributed by atoms with Gasteiger partial charge in [-0.3, -0.25) is 4.90 Å². The van der Waals surface area contributed by atoms with E-state index in [0.29, 0.717) is 24.4 Å². The molecule has 5 rings (SSSR count). The van der Waals surface area contributed by atoms with Crippen molar-refractivity contribution in [3.63, 3.8) is 0 Å². The molecule has 0 radical (unpaired) electrons. The molecule has 6 heteroatoms. The SMILES string of the molecule is Cc1ccc(F)cc1C1(c2noc(C3COCCN3C3CCCC3)n2)CC1. The van der Waals surface area contributed by atoms with Gasteiger partial charge in [0.25, 0.3) is 0 Å². The van der Waals surface area contributed by atoms with E-state index < -0.39 is 0 Å². The van der Waals surface area contributed by atoms with Gasteiger partial charge in [0.1, 0.15) is 11.9 Å². The normalized spacial score (nSPS) is 25.8. The van der Waals surface area contributed by atoms with Crippen LogP contribution in [0.2, 0.25) is 0 Å². The average Bonchev–Trinajstić information content (AvgIpc) is 3.11. The highest BCUT2D eigenvalue weighted by Crippen LogP contribution is 2.53. The van der Waals surface area contributed by atoms with Crippen LogP contribution >= 0.6 is 0 Å². The van der Waals surface area contributed by atoms with E-state index in [2.05, 4.69) is 10.1 Å². The van der Waals surface area contributed by atoms with Crippen LogP contribution in [0.1, 0.15) is 67.4 Å². The van der Waals surface area contributed by atoms with Gasteiger partial charge in [-0.25, -0.2) is 4.39 Å². The molecule has 1 aromatic carbocycles. The van der Waals surface area contributed by atoms with Crippen molar-refractivity contribution in [3.8, 4) is 0 Å². The number of aromatic nitrogens is 2. The van der Waals surface area contributed by atoms with Crippen molar-refractivity contribution in [3.05, 3.63) is 46.9 Å². The largest absolute Gasteiger partial charge is 0.378 e. The molecule has 1 aliphatic heterocycles. The Bertz CT molecular complexity index is 827. The Kier molecular flexibility index (Phi) is 4.28. The molecule has 2 saturated carbocycles. The van der Waals surface area contributed by atoms with Crippen molar-refractivity contribution in [1.29, 1.82) is 0 Å². The summed E-state index contributed by atoms with van der Waals surface area (Å²) < 4.78 is 25.3. The van der Waals surface area contributed by atoms with Gasteiger partial charge < -0.3 is 9.26 Å². The molecule has 3 aliphatic rings. The zero-order valence-electron chi connectivity index (χ0n) is 15.8. The zero-order chi connectivity index (χ0) is 18.4. The first kappa shape index (κ1) is 17.3. The molecule has 0 amide bonds. The predicted octanol–water partition coefficient (Wildman–Crippen LogP) is 3.91. The minimum absolute atomic E-state index is 0.0347. The molecular formula is C21H26FN3O2. The van der Waals surface area contributed by atoms with Crippen molar-refractivity contribution in [2.45, 2.75) is 62.9 Å². The third-order valence-electron chi connectivity index (χ3n) is 6.58. The van der Waals surface area contributed by atoms with E-state index in [1.165, 1.54) is 31.7 Å². The molecule has 5 nitrogen and oxygen atoms in total. The van der Waals surface area contributed by atoms with E-state index in [-0.39, 0.29) is 17.3 Å². The van der Waals surface area contributed by atoms with Crippen LogP contribution < -0.4 is 0 Å². The second-order valence-electron chi connectivity index (χ2n) is 8.26. The molecule has 0 spiro atoms. The molecular weight excluding hydrogens is 345 g/mol. The summed E-state index contributed by atoms with van der Waals surface area (Å²) in [5.41, 5.74) is 1.78. The fourth-order valence-corrected chi connectivity index (χ4v) is 4.92. The molecule has 144 valence electrons. The Morgan fingerprint density at radius 2 is 2.04 bits per heavy atom. The van der Waals surface area contributed by atoms with Crippen molar-refractivity contribution < 1.29 is 13.7 Å². The van der Waals surface area contributed by atoms with Crippen LogP contribution in [0.4, 0.5) is 4.39 Å². The molecule has 2 heterocycles. The van der Waals surface area contributed by atoms with Gasteiger partial charge >= 0.3 is 0 Å². The standard InChI is InChI=1S/C21H26FN3O2/c1-14-6-7-15(22)12-17(14)21(8-9-21)20-23-19(27-24-20)18-13-26-11-10-25(18)16-4-2-3-5-16/h6-7,12,16,18H,2-5,8-11,13H2,1H3. The number of morpholine rings is 1. The van der Waals surface area contributed by atoms with Gasteiger partial charge in [0.2, 0.25) is 5.89 Å².